The van der Waals surface area contributed by atoms with E-state index in [1.165, 1.54) is 0 Å². The molecule has 0 spiro atoms. The van der Waals surface area contributed by atoms with Crippen molar-refractivity contribution in [3.05, 3.63) is 94.6 Å². The molecule has 0 saturated carbocycles. The molecule has 10 heteroatoms. The summed E-state index contributed by atoms with van der Waals surface area (Å²) in [5, 5.41) is 35.2. The molecule has 0 radical (unpaired) electrons. The molecule has 1 heterocycles. The molecular weight excluding hydrogens is 510 g/mol. The van der Waals surface area contributed by atoms with E-state index in [0.717, 1.165) is 16.7 Å². The number of nitrogens with zero attached hydrogens (tertiary/aromatic N) is 2. The maximum Gasteiger partial charge on any atom is 0.323 e. The van der Waals surface area contributed by atoms with E-state index in [4.69, 9.17) is 26.0 Å². The number of aliphatic carboxylic acids is 1. The first-order chi connectivity index (χ1) is 18.2. The van der Waals surface area contributed by atoms with Gasteiger partial charge in [-0.05, 0) is 28.8 Å². The van der Waals surface area contributed by atoms with Gasteiger partial charge in [-0.15, -0.1) is 0 Å². The second-order valence-electron chi connectivity index (χ2n) is 9.58. The number of rotatable bonds is 11. The standard InChI is InChI=1S/C28H30ClN3O6/c1-27(2)20(19-7-4-3-5-8-19)9-6-12-28(27,26-31-24(16-34)38-32-26)17-37-23-11-10-18(13-21(23)29)14-30-22(15-33)25(35)36/h3-13,22,30,33-34H,14-17H2,1-2H3,(H,35,36). The van der Waals surface area contributed by atoms with Crippen LogP contribution in [0.25, 0.3) is 5.57 Å². The molecule has 1 aromatic heterocycles. The molecule has 9 nitrogen and oxygen atoms in total. The van der Waals surface area contributed by atoms with Crippen molar-refractivity contribution in [3.63, 3.8) is 0 Å². The smallest absolute Gasteiger partial charge is 0.323 e. The summed E-state index contributed by atoms with van der Waals surface area (Å²) >= 11 is 6.54. The van der Waals surface area contributed by atoms with Crippen molar-refractivity contribution < 1.29 is 29.4 Å². The fourth-order valence-electron chi connectivity index (χ4n) is 4.62. The first-order valence-electron chi connectivity index (χ1n) is 12.1. The van der Waals surface area contributed by atoms with Crippen molar-refractivity contribution in [2.75, 3.05) is 13.2 Å². The van der Waals surface area contributed by atoms with Crippen LogP contribution in [0, 0.1) is 5.41 Å². The van der Waals surface area contributed by atoms with Crippen LogP contribution in [-0.4, -0.2) is 50.7 Å². The molecule has 1 aliphatic carbocycles. The average Bonchev–Trinajstić information content (AvgIpc) is 3.39. The number of carboxylic acid groups (broad SMARTS) is 1. The minimum absolute atomic E-state index is 0.108. The van der Waals surface area contributed by atoms with Crippen molar-refractivity contribution in [2.24, 2.45) is 5.41 Å². The predicted molar refractivity (Wildman–Crippen MR) is 142 cm³/mol. The molecule has 0 aliphatic heterocycles. The highest BCUT2D eigenvalue weighted by Crippen LogP contribution is 2.53. The molecule has 0 bridgehead atoms. The van der Waals surface area contributed by atoms with E-state index < -0.39 is 29.4 Å². The Kier molecular flexibility index (Phi) is 8.32. The average molecular weight is 540 g/mol. The summed E-state index contributed by atoms with van der Waals surface area (Å²) in [4.78, 5) is 15.6. The van der Waals surface area contributed by atoms with Crippen LogP contribution in [0.15, 0.2) is 71.3 Å². The van der Waals surface area contributed by atoms with E-state index in [0.29, 0.717) is 16.6 Å². The molecule has 0 amide bonds. The number of ether oxygens (including phenoxy) is 1. The SMILES string of the molecule is CC1(C)C(c2ccccc2)=CC=CC1(COc1ccc(CNC(CO)C(=O)O)cc1Cl)c1noc(CO)n1. The van der Waals surface area contributed by atoms with E-state index in [9.17, 15) is 15.0 Å². The second-order valence-corrected chi connectivity index (χ2v) is 9.99. The van der Waals surface area contributed by atoms with Gasteiger partial charge >= 0.3 is 5.97 Å². The summed E-state index contributed by atoms with van der Waals surface area (Å²) in [6, 6.07) is 14.1. The summed E-state index contributed by atoms with van der Waals surface area (Å²) in [5.41, 5.74) is 1.41. The fourth-order valence-corrected chi connectivity index (χ4v) is 4.88. The number of allylic oxidation sites excluding steroid dienone is 3. The van der Waals surface area contributed by atoms with E-state index in [-0.39, 0.29) is 25.6 Å². The third-order valence-corrected chi connectivity index (χ3v) is 7.30. The highest BCUT2D eigenvalue weighted by Gasteiger charge is 2.52. The van der Waals surface area contributed by atoms with E-state index in [1.807, 2.05) is 42.5 Å². The van der Waals surface area contributed by atoms with Gasteiger partial charge in [0.2, 0.25) is 0 Å². The van der Waals surface area contributed by atoms with Gasteiger partial charge < -0.3 is 24.6 Å². The van der Waals surface area contributed by atoms with E-state index in [2.05, 4.69) is 35.4 Å². The summed E-state index contributed by atoms with van der Waals surface area (Å²) in [6.07, 6.45) is 5.99. The Bertz CT molecular complexity index is 1340. The molecule has 1 aliphatic rings. The highest BCUT2D eigenvalue weighted by atomic mass is 35.5. The van der Waals surface area contributed by atoms with Crippen molar-refractivity contribution in [3.8, 4) is 5.75 Å². The number of nitrogens with one attached hydrogen (secondary N) is 1. The number of aliphatic hydroxyl groups is 2. The van der Waals surface area contributed by atoms with Gasteiger partial charge in [-0.2, -0.15) is 4.98 Å². The molecular formula is C28H30ClN3O6. The van der Waals surface area contributed by atoms with Gasteiger partial charge in [0.25, 0.3) is 5.89 Å². The number of hydrogen-bond donors (Lipinski definition) is 4. The number of benzene rings is 2. The predicted octanol–water partition coefficient (Wildman–Crippen LogP) is 3.75. The van der Waals surface area contributed by atoms with Gasteiger partial charge in [0.15, 0.2) is 5.82 Å². The van der Waals surface area contributed by atoms with Crippen LogP contribution in [0.5, 0.6) is 5.75 Å². The van der Waals surface area contributed by atoms with Crippen LogP contribution in [0.1, 0.15) is 36.7 Å². The summed E-state index contributed by atoms with van der Waals surface area (Å²) in [5.74, 6) is -0.221. The number of carboxylic acids is 1. The molecule has 2 unspecified atom stereocenters. The first kappa shape index (κ1) is 27.5. The van der Waals surface area contributed by atoms with Crippen LogP contribution in [-0.2, 0) is 23.4 Å². The first-order valence-corrected chi connectivity index (χ1v) is 12.5. The number of halogens is 1. The Hall–Kier alpha value is -3.50. The zero-order valence-electron chi connectivity index (χ0n) is 21.1. The van der Waals surface area contributed by atoms with E-state index >= 15 is 0 Å². The molecule has 38 heavy (non-hydrogen) atoms. The zero-order valence-corrected chi connectivity index (χ0v) is 21.9. The monoisotopic (exact) mass is 539 g/mol. The summed E-state index contributed by atoms with van der Waals surface area (Å²) < 4.78 is 11.6. The van der Waals surface area contributed by atoms with Gasteiger partial charge in [0, 0.05) is 12.0 Å². The fraction of sp³-hybridized carbons (Fsp3) is 0.321. The lowest BCUT2D eigenvalue weighted by Gasteiger charge is -2.46. The molecule has 2 atom stereocenters. The minimum Gasteiger partial charge on any atom is -0.491 e. The number of carbonyl (C=O) groups is 1. The van der Waals surface area contributed by atoms with Crippen molar-refractivity contribution >= 4 is 23.1 Å². The third-order valence-electron chi connectivity index (χ3n) is 7.00. The van der Waals surface area contributed by atoms with Crippen molar-refractivity contribution in [1.82, 2.24) is 15.5 Å². The lowest BCUT2D eigenvalue weighted by atomic mass is 9.58. The minimum atomic E-state index is -1.14. The summed E-state index contributed by atoms with van der Waals surface area (Å²) in [6.45, 7) is 3.59. The second kappa shape index (κ2) is 11.5. The molecule has 0 fully saturated rings. The molecule has 0 saturated heterocycles. The Balaban J connectivity index is 1.63. The molecule has 200 valence electrons. The van der Waals surface area contributed by atoms with Gasteiger partial charge in [-0.25, -0.2) is 0 Å². The van der Waals surface area contributed by atoms with Crippen LogP contribution in [0.4, 0.5) is 0 Å². The quantitative estimate of drug-likeness (QED) is 0.287. The van der Waals surface area contributed by atoms with Crippen LogP contribution < -0.4 is 10.1 Å². The number of hydrogen-bond acceptors (Lipinski definition) is 8. The lowest BCUT2D eigenvalue weighted by Crippen LogP contribution is -2.48. The Morgan fingerprint density at radius 3 is 2.58 bits per heavy atom. The number of aromatic nitrogens is 2. The van der Waals surface area contributed by atoms with Gasteiger partial charge in [0.1, 0.15) is 25.0 Å². The molecule has 3 aromatic rings. The normalized spacial score (nSPS) is 19.1. The topological polar surface area (TPSA) is 138 Å². The Morgan fingerprint density at radius 2 is 1.95 bits per heavy atom. The van der Waals surface area contributed by atoms with Crippen LogP contribution >= 0.6 is 11.6 Å². The third kappa shape index (κ3) is 5.37. The van der Waals surface area contributed by atoms with Gasteiger partial charge in [-0.3, -0.25) is 10.1 Å². The molecule has 2 aromatic carbocycles. The Morgan fingerprint density at radius 1 is 1.18 bits per heavy atom. The molecule has 4 N–H and O–H groups in total. The maximum atomic E-state index is 11.1. The zero-order chi connectivity index (χ0) is 27.3. The van der Waals surface area contributed by atoms with E-state index in [1.54, 1.807) is 18.2 Å². The van der Waals surface area contributed by atoms with Crippen LogP contribution in [0.3, 0.4) is 0 Å². The molecule has 4 rings (SSSR count). The van der Waals surface area contributed by atoms with Crippen molar-refractivity contribution in [1.29, 1.82) is 0 Å². The van der Waals surface area contributed by atoms with Gasteiger partial charge in [0.05, 0.1) is 17.0 Å². The highest BCUT2D eigenvalue weighted by molar-refractivity contribution is 6.32. The lowest BCUT2D eigenvalue weighted by molar-refractivity contribution is -0.140. The Labute approximate surface area is 225 Å². The van der Waals surface area contributed by atoms with Crippen LogP contribution in [0.2, 0.25) is 5.02 Å². The number of aliphatic hydroxyl groups excluding tert-OH is 2. The van der Waals surface area contributed by atoms with Gasteiger partial charge in [-0.1, -0.05) is 85.2 Å². The van der Waals surface area contributed by atoms with Crippen molar-refractivity contribution in [2.45, 2.75) is 38.5 Å². The largest absolute Gasteiger partial charge is 0.491 e. The maximum absolute atomic E-state index is 11.1. The summed E-state index contributed by atoms with van der Waals surface area (Å²) in [7, 11) is 0.